The molecule has 0 bridgehead atoms. The molecule has 0 aromatic carbocycles. The zero-order valence-electron chi connectivity index (χ0n) is 11.8. The molecule has 1 unspecified atom stereocenters. The molecule has 0 spiro atoms. The Balaban J connectivity index is 2.82. The van der Waals surface area contributed by atoms with Crippen molar-refractivity contribution in [2.24, 2.45) is 17.8 Å². The fourth-order valence-corrected chi connectivity index (χ4v) is 2.76. The molecule has 0 aromatic rings. The molecule has 102 valence electrons. The molecule has 3 heteroatoms. The van der Waals surface area contributed by atoms with E-state index in [-0.39, 0.29) is 29.7 Å². The molecule has 0 N–H and O–H groups in total. The Hall–Kier alpha value is -1.12. The van der Waals surface area contributed by atoms with Crippen molar-refractivity contribution in [1.82, 2.24) is 0 Å². The minimum absolute atomic E-state index is 0.117. The molecule has 1 rings (SSSR count). The standard InChI is InChI=1S/C15H24O3/c1-5-6-7-11(3)15(18-12(4)16)14-10(2)8-9-13(14)17/h5-6,10-11,14-15H,7-9H2,1-4H3/b6-5-/t10?,11-,14-,15-/m1/s1. The quantitative estimate of drug-likeness (QED) is 0.557. The third kappa shape index (κ3) is 3.69. The van der Waals surface area contributed by atoms with Crippen LogP contribution in [-0.4, -0.2) is 17.9 Å². The number of ether oxygens (including phenoxy) is 1. The number of rotatable bonds is 5. The highest BCUT2D eigenvalue weighted by atomic mass is 16.5. The van der Waals surface area contributed by atoms with Gasteiger partial charge in [0.25, 0.3) is 0 Å². The molecule has 0 amide bonds. The van der Waals surface area contributed by atoms with Crippen LogP contribution in [0.4, 0.5) is 0 Å². The van der Waals surface area contributed by atoms with Gasteiger partial charge in [-0.1, -0.05) is 26.0 Å². The van der Waals surface area contributed by atoms with Gasteiger partial charge >= 0.3 is 5.97 Å². The van der Waals surface area contributed by atoms with Gasteiger partial charge < -0.3 is 4.74 Å². The highest BCUT2D eigenvalue weighted by Gasteiger charge is 2.41. The van der Waals surface area contributed by atoms with E-state index in [0.717, 1.165) is 12.8 Å². The molecule has 1 fully saturated rings. The van der Waals surface area contributed by atoms with Crippen molar-refractivity contribution < 1.29 is 14.3 Å². The Labute approximate surface area is 110 Å². The molecule has 0 saturated heterocycles. The summed E-state index contributed by atoms with van der Waals surface area (Å²) < 4.78 is 5.44. The van der Waals surface area contributed by atoms with Gasteiger partial charge in [-0.05, 0) is 31.6 Å². The van der Waals surface area contributed by atoms with Crippen molar-refractivity contribution in [3.05, 3.63) is 12.2 Å². The molecule has 1 aliphatic rings. The number of ketones is 1. The van der Waals surface area contributed by atoms with Gasteiger partial charge in [0.2, 0.25) is 0 Å². The first kappa shape index (κ1) is 14.9. The van der Waals surface area contributed by atoms with Crippen LogP contribution in [0.1, 0.15) is 47.0 Å². The monoisotopic (exact) mass is 252 g/mol. The number of hydrogen-bond donors (Lipinski definition) is 0. The molecule has 0 heterocycles. The van der Waals surface area contributed by atoms with Crippen LogP contribution in [-0.2, 0) is 14.3 Å². The Morgan fingerprint density at radius 2 is 2.22 bits per heavy atom. The van der Waals surface area contributed by atoms with E-state index in [2.05, 4.69) is 13.0 Å². The van der Waals surface area contributed by atoms with Crippen molar-refractivity contribution in [1.29, 1.82) is 0 Å². The molecule has 0 radical (unpaired) electrons. The Morgan fingerprint density at radius 1 is 1.56 bits per heavy atom. The normalized spacial score (nSPS) is 27.4. The summed E-state index contributed by atoms with van der Waals surface area (Å²) in [5, 5.41) is 0. The maximum absolute atomic E-state index is 12.0. The van der Waals surface area contributed by atoms with Crippen LogP contribution < -0.4 is 0 Å². The van der Waals surface area contributed by atoms with Crippen molar-refractivity contribution in [2.45, 2.75) is 53.1 Å². The second-order valence-corrected chi connectivity index (χ2v) is 5.36. The summed E-state index contributed by atoms with van der Waals surface area (Å²) in [5.41, 5.74) is 0. The van der Waals surface area contributed by atoms with Gasteiger partial charge in [0.15, 0.2) is 0 Å². The number of esters is 1. The lowest BCUT2D eigenvalue weighted by Crippen LogP contribution is -2.37. The van der Waals surface area contributed by atoms with Gasteiger partial charge in [0, 0.05) is 13.3 Å². The van der Waals surface area contributed by atoms with E-state index in [1.54, 1.807) is 0 Å². The van der Waals surface area contributed by atoms with Crippen molar-refractivity contribution in [3.63, 3.8) is 0 Å². The molecular formula is C15H24O3. The first-order valence-electron chi connectivity index (χ1n) is 6.78. The Morgan fingerprint density at radius 3 is 2.67 bits per heavy atom. The minimum atomic E-state index is -0.292. The first-order chi connectivity index (χ1) is 8.47. The zero-order chi connectivity index (χ0) is 13.7. The summed E-state index contributed by atoms with van der Waals surface area (Å²) in [4.78, 5) is 23.2. The fourth-order valence-electron chi connectivity index (χ4n) is 2.76. The Kier molecular flexibility index (Phi) is 5.57. The molecule has 3 nitrogen and oxygen atoms in total. The third-order valence-corrected chi connectivity index (χ3v) is 3.79. The smallest absolute Gasteiger partial charge is 0.302 e. The molecule has 0 aliphatic heterocycles. The number of carbonyl (C=O) groups excluding carboxylic acids is 2. The van der Waals surface area contributed by atoms with Crippen LogP contribution in [0.15, 0.2) is 12.2 Å². The summed E-state index contributed by atoms with van der Waals surface area (Å²) >= 11 is 0. The van der Waals surface area contributed by atoms with Crippen LogP contribution in [0.25, 0.3) is 0 Å². The Bertz CT molecular complexity index is 333. The van der Waals surface area contributed by atoms with E-state index in [4.69, 9.17) is 4.74 Å². The third-order valence-electron chi connectivity index (χ3n) is 3.79. The van der Waals surface area contributed by atoms with Gasteiger partial charge in [0.1, 0.15) is 11.9 Å². The topological polar surface area (TPSA) is 43.4 Å². The van der Waals surface area contributed by atoms with Gasteiger partial charge in [-0.2, -0.15) is 0 Å². The number of allylic oxidation sites excluding steroid dienone is 2. The van der Waals surface area contributed by atoms with Crippen LogP contribution >= 0.6 is 0 Å². The average Bonchev–Trinajstić information content (AvgIpc) is 2.63. The summed E-state index contributed by atoms with van der Waals surface area (Å²) in [5.74, 6) is 0.337. The minimum Gasteiger partial charge on any atom is -0.461 e. The predicted octanol–water partition coefficient (Wildman–Crippen LogP) is 3.14. The molecule has 18 heavy (non-hydrogen) atoms. The predicted molar refractivity (Wildman–Crippen MR) is 71.0 cm³/mol. The van der Waals surface area contributed by atoms with E-state index in [9.17, 15) is 9.59 Å². The largest absolute Gasteiger partial charge is 0.461 e. The van der Waals surface area contributed by atoms with Crippen molar-refractivity contribution >= 4 is 11.8 Å². The lowest BCUT2D eigenvalue weighted by atomic mass is 9.83. The van der Waals surface area contributed by atoms with Crippen LogP contribution in [0.3, 0.4) is 0 Å². The molecule has 0 aromatic heterocycles. The fraction of sp³-hybridized carbons (Fsp3) is 0.733. The van der Waals surface area contributed by atoms with E-state index >= 15 is 0 Å². The number of Topliss-reactive ketones (excluding diaryl/α,β-unsaturated/α-hetero) is 1. The summed E-state index contributed by atoms with van der Waals surface area (Å²) in [6.07, 6.45) is 6.15. The van der Waals surface area contributed by atoms with Crippen molar-refractivity contribution in [3.8, 4) is 0 Å². The highest BCUT2D eigenvalue weighted by molar-refractivity contribution is 5.84. The van der Waals surface area contributed by atoms with Gasteiger partial charge in [-0.15, -0.1) is 0 Å². The van der Waals surface area contributed by atoms with Crippen LogP contribution in [0.2, 0.25) is 0 Å². The highest BCUT2D eigenvalue weighted by Crippen LogP contribution is 2.36. The lowest BCUT2D eigenvalue weighted by molar-refractivity contribution is -0.154. The summed E-state index contributed by atoms with van der Waals surface area (Å²) in [7, 11) is 0. The van der Waals surface area contributed by atoms with Crippen LogP contribution in [0.5, 0.6) is 0 Å². The number of hydrogen-bond acceptors (Lipinski definition) is 3. The van der Waals surface area contributed by atoms with Gasteiger partial charge in [0.05, 0.1) is 5.92 Å². The van der Waals surface area contributed by atoms with E-state index < -0.39 is 0 Å². The van der Waals surface area contributed by atoms with Gasteiger partial charge in [-0.3, -0.25) is 9.59 Å². The molecule has 1 saturated carbocycles. The van der Waals surface area contributed by atoms with E-state index in [1.807, 2.05) is 19.9 Å². The average molecular weight is 252 g/mol. The maximum atomic E-state index is 12.0. The first-order valence-corrected chi connectivity index (χ1v) is 6.78. The maximum Gasteiger partial charge on any atom is 0.302 e. The molecular weight excluding hydrogens is 228 g/mol. The summed E-state index contributed by atoms with van der Waals surface area (Å²) in [6.45, 7) is 7.51. The SMILES string of the molecule is C/C=C\C[C@@H](C)[C@@H](OC(C)=O)[C@H]1C(=O)CCC1C. The van der Waals surface area contributed by atoms with Crippen molar-refractivity contribution in [2.75, 3.05) is 0 Å². The van der Waals surface area contributed by atoms with Crippen LogP contribution in [0, 0.1) is 17.8 Å². The van der Waals surface area contributed by atoms with E-state index in [1.165, 1.54) is 6.92 Å². The molecule has 4 atom stereocenters. The summed E-state index contributed by atoms with van der Waals surface area (Å²) in [6, 6.07) is 0. The van der Waals surface area contributed by atoms with Gasteiger partial charge in [-0.25, -0.2) is 0 Å². The zero-order valence-corrected chi connectivity index (χ0v) is 11.8. The lowest BCUT2D eigenvalue weighted by Gasteiger charge is -2.30. The molecule has 1 aliphatic carbocycles. The van der Waals surface area contributed by atoms with E-state index in [0.29, 0.717) is 12.3 Å². The second-order valence-electron chi connectivity index (χ2n) is 5.36. The number of carbonyl (C=O) groups is 2. The second kappa shape index (κ2) is 6.72.